The Morgan fingerprint density at radius 3 is 2.69 bits per heavy atom. The van der Waals surface area contributed by atoms with Crippen LogP contribution in [0.15, 0.2) is 66.8 Å². The minimum atomic E-state index is -0.0787. The van der Waals surface area contributed by atoms with Crippen molar-refractivity contribution >= 4 is 45.6 Å². The number of para-hydroxylation sites is 1. The minimum Gasteiger partial charge on any atom is -0.383 e. The fourth-order valence-corrected chi connectivity index (χ4v) is 6.34. The largest absolute Gasteiger partial charge is 0.383 e. The second-order valence-electron chi connectivity index (χ2n) is 11.8. The van der Waals surface area contributed by atoms with Gasteiger partial charge >= 0.3 is 0 Å². The van der Waals surface area contributed by atoms with Crippen LogP contribution in [-0.2, 0) is 22.6 Å². The molecule has 0 amide bonds. The lowest BCUT2D eigenvalue weighted by Crippen LogP contribution is -2.30. The number of hydrogen-bond donors (Lipinski definition) is 0. The molecule has 1 aliphatic heterocycles. The van der Waals surface area contributed by atoms with Crippen LogP contribution in [0.25, 0.3) is 45.6 Å². The van der Waals surface area contributed by atoms with Gasteiger partial charge in [0.15, 0.2) is 0 Å². The normalized spacial score (nSPS) is 21.1. The summed E-state index contributed by atoms with van der Waals surface area (Å²) in [5.41, 5.74) is 7.59. The van der Waals surface area contributed by atoms with E-state index in [1.165, 1.54) is 54.8 Å². The first kappa shape index (κ1) is 24.4. The molecule has 2 aromatic carbocycles. The van der Waals surface area contributed by atoms with E-state index in [0.717, 1.165) is 19.7 Å². The Morgan fingerprint density at radius 1 is 1.05 bits per heavy atom. The Labute approximate surface area is 229 Å². The summed E-state index contributed by atoms with van der Waals surface area (Å²) in [7, 11) is 1.78. The summed E-state index contributed by atoms with van der Waals surface area (Å²) < 4.78 is 16.1. The Kier molecular flexibility index (Phi) is 5.80. The SMILES string of the molecule is COCCn1c2c(c3cc(C4=CC(C)(C)C=Cc5c4n(CC4CO4)c4ccccc54)ccc31)=CC=CC(C)C=2. The lowest BCUT2D eigenvalue weighted by molar-refractivity contribution is 0.187. The summed E-state index contributed by atoms with van der Waals surface area (Å²) in [6.45, 7) is 10.1. The molecule has 0 spiro atoms. The van der Waals surface area contributed by atoms with Crippen LogP contribution in [0.1, 0.15) is 37.6 Å². The molecule has 4 aromatic rings. The monoisotopic (exact) mass is 516 g/mol. The van der Waals surface area contributed by atoms with Gasteiger partial charge in [-0.2, -0.15) is 0 Å². The smallest absolute Gasteiger partial charge is 0.0988 e. The van der Waals surface area contributed by atoms with Gasteiger partial charge in [0.1, 0.15) is 0 Å². The van der Waals surface area contributed by atoms with E-state index in [2.05, 4.69) is 115 Å². The molecule has 2 atom stereocenters. The highest BCUT2D eigenvalue weighted by Gasteiger charge is 2.30. The number of nitrogens with zero attached hydrogens (tertiary/aromatic N) is 2. The molecule has 0 bridgehead atoms. The Bertz CT molecular complexity index is 1820. The fourth-order valence-electron chi connectivity index (χ4n) is 6.34. The van der Waals surface area contributed by atoms with Gasteiger partial charge in [-0.25, -0.2) is 0 Å². The molecule has 39 heavy (non-hydrogen) atoms. The zero-order valence-corrected chi connectivity index (χ0v) is 23.3. The van der Waals surface area contributed by atoms with Crippen molar-refractivity contribution in [2.75, 3.05) is 20.3 Å². The predicted molar refractivity (Wildman–Crippen MR) is 162 cm³/mol. The van der Waals surface area contributed by atoms with Gasteiger partial charge in [-0.15, -0.1) is 0 Å². The molecule has 2 aliphatic carbocycles. The number of methoxy groups -OCH3 is 1. The summed E-state index contributed by atoms with van der Waals surface area (Å²) in [4.78, 5) is 0. The molecule has 1 fully saturated rings. The average molecular weight is 517 g/mol. The number of aromatic nitrogens is 2. The average Bonchev–Trinajstić information content (AvgIpc) is 3.69. The van der Waals surface area contributed by atoms with Gasteiger partial charge in [-0.3, -0.25) is 0 Å². The maximum Gasteiger partial charge on any atom is 0.0988 e. The van der Waals surface area contributed by atoms with Gasteiger partial charge in [-0.1, -0.05) is 87.6 Å². The number of benzene rings is 2. The maximum absolute atomic E-state index is 5.72. The van der Waals surface area contributed by atoms with Crippen LogP contribution in [0, 0.1) is 11.3 Å². The number of epoxide rings is 1. The molecule has 3 aliphatic rings. The Balaban J connectivity index is 1.50. The van der Waals surface area contributed by atoms with E-state index in [1.54, 1.807) is 7.11 Å². The van der Waals surface area contributed by atoms with Gasteiger partial charge in [0.05, 0.1) is 31.6 Å². The van der Waals surface area contributed by atoms with E-state index in [0.29, 0.717) is 18.6 Å². The first-order valence-electron chi connectivity index (χ1n) is 14.1. The third kappa shape index (κ3) is 4.23. The molecule has 3 heterocycles. The minimum absolute atomic E-state index is 0.0787. The predicted octanol–water partition coefficient (Wildman–Crippen LogP) is 5.89. The summed E-state index contributed by atoms with van der Waals surface area (Å²) >= 11 is 0. The van der Waals surface area contributed by atoms with Gasteiger partial charge in [0.25, 0.3) is 0 Å². The second kappa shape index (κ2) is 9.25. The number of rotatable bonds is 6. The van der Waals surface area contributed by atoms with Crippen molar-refractivity contribution in [3.63, 3.8) is 0 Å². The van der Waals surface area contributed by atoms with Crippen molar-refractivity contribution < 1.29 is 9.47 Å². The van der Waals surface area contributed by atoms with Gasteiger partial charge in [0.2, 0.25) is 0 Å². The molecule has 4 heteroatoms. The molecule has 198 valence electrons. The van der Waals surface area contributed by atoms with Crippen LogP contribution >= 0.6 is 0 Å². The fraction of sp³-hybridized carbons (Fsp3) is 0.314. The summed E-state index contributed by atoms with van der Waals surface area (Å²) in [6.07, 6.45) is 16.6. The summed E-state index contributed by atoms with van der Waals surface area (Å²) in [5.74, 6) is 0.381. The summed E-state index contributed by atoms with van der Waals surface area (Å²) in [6, 6.07) is 15.9. The molecule has 1 saturated heterocycles. The topological polar surface area (TPSA) is 31.6 Å². The van der Waals surface area contributed by atoms with Crippen molar-refractivity contribution in [1.82, 2.24) is 9.13 Å². The van der Waals surface area contributed by atoms with E-state index in [1.807, 2.05) is 0 Å². The van der Waals surface area contributed by atoms with E-state index in [9.17, 15) is 0 Å². The number of allylic oxidation sites excluding steroid dienone is 4. The quantitative estimate of drug-likeness (QED) is 0.299. The zero-order valence-electron chi connectivity index (χ0n) is 23.3. The molecule has 0 N–H and O–H groups in total. The molecule has 0 radical (unpaired) electrons. The molecule has 7 rings (SSSR count). The molecule has 2 aromatic heterocycles. The van der Waals surface area contributed by atoms with Crippen LogP contribution in [-0.4, -0.2) is 35.6 Å². The van der Waals surface area contributed by atoms with E-state index < -0.39 is 0 Å². The van der Waals surface area contributed by atoms with E-state index in [-0.39, 0.29) is 5.41 Å². The van der Waals surface area contributed by atoms with Crippen molar-refractivity contribution in [1.29, 1.82) is 0 Å². The molecule has 0 saturated carbocycles. The molecular weight excluding hydrogens is 480 g/mol. The van der Waals surface area contributed by atoms with Crippen molar-refractivity contribution in [2.24, 2.45) is 11.3 Å². The summed E-state index contributed by atoms with van der Waals surface area (Å²) in [5, 5.41) is 5.17. The van der Waals surface area contributed by atoms with E-state index >= 15 is 0 Å². The first-order chi connectivity index (χ1) is 18.9. The molecular formula is C35H36N2O2. The number of hydrogen-bond acceptors (Lipinski definition) is 2. The van der Waals surface area contributed by atoms with Gasteiger partial charge in [0, 0.05) is 62.6 Å². The zero-order chi connectivity index (χ0) is 26.7. The van der Waals surface area contributed by atoms with Crippen molar-refractivity contribution in [3.05, 3.63) is 94.2 Å². The highest BCUT2D eigenvalue weighted by molar-refractivity contribution is 6.00. The van der Waals surface area contributed by atoms with Crippen LogP contribution in [0.5, 0.6) is 0 Å². The van der Waals surface area contributed by atoms with Crippen LogP contribution in [0.4, 0.5) is 0 Å². The lowest BCUT2D eigenvalue weighted by Gasteiger charge is -2.19. The Morgan fingerprint density at radius 2 is 1.87 bits per heavy atom. The van der Waals surface area contributed by atoms with Crippen molar-refractivity contribution in [2.45, 2.75) is 40.0 Å². The highest BCUT2D eigenvalue weighted by atomic mass is 16.6. The van der Waals surface area contributed by atoms with Gasteiger partial charge < -0.3 is 18.6 Å². The van der Waals surface area contributed by atoms with Crippen LogP contribution in [0.3, 0.4) is 0 Å². The molecule has 2 unspecified atom stereocenters. The molecule has 4 nitrogen and oxygen atoms in total. The third-order valence-electron chi connectivity index (χ3n) is 8.32. The Hall–Kier alpha value is -3.60. The number of ether oxygens (including phenoxy) is 2. The maximum atomic E-state index is 5.72. The van der Waals surface area contributed by atoms with Crippen LogP contribution < -0.4 is 10.6 Å². The van der Waals surface area contributed by atoms with Gasteiger partial charge in [-0.05, 0) is 29.7 Å². The van der Waals surface area contributed by atoms with Crippen LogP contribution in [0.2, 0.25) is 0 Å². The van der Waals surface area contributed by atoms with E-state index in [4.69, 9.17) is 9.47 Å². The standard InChI is InChI=1S/C35H36N2O2/c1-23-8-7-10-27-29-19-24(12-13-32(29)36(16-17-38-4)33(27)18-23)30-20-35(2,3)15-14-28-26-9-5-6-11-31(26)37(34(28)30)21-25-22-39-25/h5-15,18-20,23,25H,16-17,21-22H2,1-4H3. The number of fused-ring (bicyclic) bond motifs is 6. The third-order valence-corrected chi connectivity index (χ3v) is 8.32. The lowest BCUT2D eigenvalue weighted by atomic mass is 9.88. The van der Waals surface area contributed by atoms with Crippen molar-refractivity contribution in [3.8, 4) is 0 Å². The second-order valence-corrected chi connectivity index (χ2v) is 11.8. The first-order valence-corrected chi connectivity index (χ1v) is 14.1. The highest BCUT2D eigenvalue weighted by Crippen LogP contribution is 2.42.